The van der Waals surface area contributed by atoms with Gasteiger partial charge in [-0.05, 0) is 45.8 Å². The van der Waals surface area contributed by atoms with E-state index in [-0.39, 0.29) is 10.4 Å². The van der Waals surface area contributed by atoms with Crippen molar-refractivity contribution in [3.05, 3.63) is 61.5 Å². The molecule has 8 heteroatoms. The monoisotopic (exact) mass is 392 g/mol. The van der Waals surface area contributed by atoms with Crippen LogP contribution in [0.5, 0.6) is 5.75 Å². The summed E-state index contributed by atoms with van der Waals surface area (Å²) in [6, 6.07) is 10.1. The first kappa shape index (κ1) is 15.6. The number of nitro groups is 1. The average molecular weight is 393 g/mol. The number of rotatable bonds is 2. The topological polar surface area (TPSA) is 92.5 Å². The zero-order valence-electron chi connectivity index (χ0n) is 11.4. The van der Waals surface area contributed by atoms with E-state index < -0.39 is 16.4 Å². The highest BCUT2D eigenvalue weighted by atomic mass is 79.9. The molecule has 0 unspecified atom stereocenters. The van der Waals surface area contributed by atoms with Gasteiger partial charge < -0.3 is 10.4 Å². The molecule has 0 saturated heterocycles. The van der Waals surface area contributed by atoms with E-state index in [4.69, 9.17) is 0 Å². The second-order valence-electron chi connectivity index (χ2n) is 4.69. The predicted octanol–water partition coefficient (Wildman–Crippen LogP) is 4.15. The molecule has 1 amide bonds. The maximum atomic E-state index is 12.1. The van der Waals surface area contributed by atoms with Gasteiger partial charge >= 0.3 is 5.69 Å². The molecular formula is C15H9BrN2O4S. The standard InChI is InChI=1S/C15H9BrN2O4S/c16-9-5-8(6-11(14(9)19)18(21)22)7-13-15(20)17-10-3-1-2-4-12(10)23-13/h1-7,19H,(H,17,20)/b13-7-. The maximum Gasteiger partial charge on any atom is 0.312 e. The highest BCUT2D eigenvalue weighted by Crippen LogP contribution is 2.40. The smallest absolute Gasteiger partial charge is 0.312 e. The number of phenolic OH excluding ortho intramolecular Hbond substituents is 1. The van der Waals surface area contributed by atoms with E-state index >= 15 is 0 Å². The second-order valence-corrected chi connectivity index (χ2v) is 6.63. The normalized spacial score (nSPS) is 15.2. The number of phenols is 1. The number of carbonyl (C=O) groups is 1. The summed E-state index contributed by atoms with van der Waals surface area (Å²) in [5.41, 5.74) is 0.753. The summed E-state index contributed by atoms with van der Waals surface area (Å²) in [4.78, 5) is 23.7. The largest absolute Gasteiger partial charge is 0.501 e. The molecule has 0 bridgehead atoms. The van der Waals surface area contributed by atoms with Gasteiger partial charge in [-0.25, -0.2) is 0 Å². The molecule has 6 nitrogen and oxygen atoms in total. The molecule has 0 aromatic heterocycles. The molecule has 116 valence electrons. The summed E-state index contributed by atoms with van der Waals surface area (Å²) in [5, 5.41) is 23.4. The Balaban J connectivity index is 2.02. The Kier molecular flexibility index (Phi) is 4.10. The molecule has 0 saturated carbocycles. The molecule has 2 aromatic carbocycles. The molecule has 0 spiro atoms. The lowest BCUT2D eigenvalue weighted by Crippen LogP contribution is -2.17. The zero-order chi connectivity index (χ0) is 16.6. The molecular weight excluding hydrogens is 384 g/mol. The lowest BCUT2D eigenvalue weighted by molar-refractivity contribution is -0.386. The molecule has 2 N–H and O–H groups in total. The minimum Gasteiger partial charge on any atom is -0.501 e. The van der Waals surface area contributed by atoms with Gasteiger partial charge in [0, 0.05) is 11.0 Å². The van der Waals surface area contributed by atoms with E-state index in [1.807, 2.05) is 18.2 Å². The Morgan fingerprint density at radius 3 is 2.78 bits per heavy atom. The van der Waals surface area contributed by atoms with Crippen LogP contribution in [0.2, 0.25) is 0 Å². The van der Waals surface area contributed by atoms with E-state index in [0.717, 1.165) is 10.6 Å². The van der Waals surface area contributed by atoms with Crippen LogP contribution in [0.25, 0.3) is 6.08 Å². The number of nitro benzene ring substituents is 1. The van der Waals surface area contributed by atoms with E-state index in [9.17, 15) is 20.0 Å². The molecule has 0 atom stereocenters. The van der Waals surface area contributed by atoms with Gasteiger partial charge in [-0.1, -0.05) is 23.9 Å². The van der Waals surface area contributed by atoms with Crippen LogP contribution in [0.15, 0.2) is 50.7 Å². The Morgan fingerprint density at radius 2 is 2.04 bits per heavy atom. The van der Waals surface area contributed by atoms with Crippen LogP contribution in [0.1, 0.15) is 5.56 Å². The van der Waals surface area contributed by atoms with Crippen LogP contribution in [0.4, 0.5) is 11.4 Å². The Morgan fingerprint density at radius 1 is 1.30 bits per heavy atom. The van der Waals surface area contributed by atoms with Crippen molar-refractivity contribution < 1.29 is 14.8 Å². The number of thioether (sulfide) groups is 1. The Labute approximate surface area is 143 Å². The molecule has 1 aliphatic rings. The third kappa shape index (κ3) is 3.08. The van der Waals surface area contributed by atoms with Crippen molar-refractivity contribution in [3.8, 4) is 5.75 Å². The van der Waals surface area contributed by atoms with Crippen molar-refractivity contribution >= 4 is 51.0 Å². The maximum absolute atomic E-state index is 12.1. The number of amides is 1. The van der Waals surface area contributed by atoms with Crippen molar-refractivity contribution in [2.75, 3.05) is 5.32 Å². The SMILES string of the molecule is O=C1Nc2ccccc2S/C1=C\c1cc(Br)c(O)c([N+](=O)[O-])c1. The molecule has 0 fully saturated rings. The van der Waals surface area contributed by atoms with Crippen molar-refractivity contribution in [1.82, 2.24) is 0 Å². The molecule has 1 heterocycles. The highest BCUT2D eigenvalue weighted by molar-refractivity contribution is 9.10. The third-order valence-corrected chi connectivity index (χ3v) is 4.84. The van der Waals surface area contributed by atoms with Crippen LogP contribution in [-0.4, -0.2) is 15.9 Å². The van der Waals surface area contributed by atoms with Gasteiger partial charge in [0.25, 0.3) is 5.91 Å². The first-order valence-electron chi connectivity index (χ1n) is 6.42. The number of hydrogen-bond acceptors (Lipinski definition) is 5. The van der Waals surface area contributed by atoms with Crippen molar-refractivity contribution in [2.24, 2.45) is 0 Å². The molecule has 23 heavy (non-hydrogen) atoms. The summed E-state index contributed by atoms with van der Waals surface area (Å²) in [7, 11) is 0. The molecule has 0 aliphatic carbocycles. The van der Waals surface area contributed by atoms with Crippen LogP contribution >= 0.6 is 27.7 Å². The van der Waals surface area contributed by atoms with Crippen molar-refractivity contribution in [1.29, 1.82) is 0 Å². The molecule has 0 radical (unpaired) electrons. The van der Waals surface area contributed by atoms with Gasteiger partial charge in [0.05, 0.1) is 20.0 Å². The molecule has 3 rings (SSSR count). The van der Waals surface area contributed by atoms with E-state index in [1.165, 1.54) is 23.9 Å². The fourth-order valence-corrected chi connectivity index (χ4v) is 3.50. The number of carbonyl (C=O) groups excluding carboxylic acids is 1. The van der Waals surface area contributed by atoms with Gasteiger partial charge in [0.1, 0.15) is 0 Å². The van der Waals surface area contributed by atoms with Crippen LogP contribution in [0, 0.1) is 10.1 Å². The average Bonchev–Trinajstić information content (AvgIpc) is 2.51. The number of nitrogens with one attached hydrogen (secondary N) is 1. The molecule has 1 aliphatic heterocycles. The van der Waals surface area contributed by atoms with Crippen LogP contribution < -0.4 is 5.32 Å². The highest BCUT2D eigenvalue weighted by Gasteiger charge is 2.22. The zero-order valence-corrected chi connectivity index (χ0v) is 13.8. The van der Waals surface area contributed by atoms with Gasteiger partial charge in [-0.3, -0.25) is 14.9 Å². The molecule has 2 aromatic rings. The van der Waals surface area contributed by atoms with E-state index in [0.29, 0.717) is 10.5 Å². The number of nitrogens with zero attached hydrogens (tertiary/aromatic N) is 1. The van der Waals surface area contributed by atoms with Gasteiger partial charge in [-0.15, -0.1) is 0 Å². The predicted molar refractivity (Wildman–Crippen MR) is 91.4 cm³/mol. The minimum atomic E-state index is -0.675. The number of fused-ring (bicyclic) bond motifs is 1. The summed E-state index contributed by atoms with van der Waals surface area (Å²) in [6.45, 7) is 0. The number of para-hydroxylation sites is 1. The van der Waals surface area contributed by atoms with E-state index in [1.54, 1.807) is 12.1 Å². The fraction of sp³-hybridized carbons (Fsp3) is 0. The van der Waals surface area contributed by atoms with Crippen LogP contribution in [0.3, 0.4) is 0 Å². The Bertz CT molecular complexity index is 867. The number of anilines is 1. The van der Waals surface area contributed by atoms with Gasteiger partial charge in [0.2, 0.25) is 5.75 Å². The summed E-state index contributed by atoms with van der Waals surface area (Å²) in [6.07, 6.45) is 1.55. The fourth-order valence-electron chi connectivity index (χ4n) is 2.08. The van der Waals surface area contributed by atoms with Gasteiger partial charge in [0.15, 0.2) is 0 Å². The minimum absolute atomic E-state index is 0.195. The Hall–Kier alpha value is -2.32. The summed E-state index contributed by atoms with van der Waals surface area (Å²) >= 11 is 4.37. The number of halogens is 1. The second kappa shape index (κ2) is 6.05. The van der Waals surface area contributed by atoms with Gasteiger partial charge in [-0.2, -0.15) is 0 Å². The first-order chi connectivity index (χ1) is 11.0. The third-order valence-electron chi connectivity index (χ3n) is 3.14. The number of hydrogen-bond donors (Lipinski definition) is 2. The lowest BCUT2D eigenvalue weighted by atomic mass is 10.1. The number of aromatic hydroxyl groups is 1. The number of benzene rings is 2. The summed E-state index contributed by atoms with van der Waals surface area (Å²) < 4.78 is 0.195. The van der Waals surface area contributed by atoms with Crippen LogP contribution in [-0.2, 0) is 4.79 Å². The summed E-state index contributed by atoms with van der Waals surface area (Å²) in [5.74, 6) is -0.719. The quantitative estimate of drug-likeness (QED) is 0.454. The lowest BCUT2D eigenvalue weighted by Gasteiger charge is -2.18. The first-order valence-corrected chi connectivity index (χ1v) is 8.03. The van der Waals surface area contributed by atoms with E-state index in [2.05, 4.69) is 21.2 Å². The van der Waals surface area contributed by atoms with Crippen molar-refractivity contribution in [2.45, 2.75) is 4.90 Å². The van der Waals surface area contributed by atoms with Crippen molar-refractivity contribution in [3.63, 3.8) is 0 Å².